The first-order valence-electron chi connectivity index (χ1n) is 8.93. The zero-order chi connectivity index (χ0) is 19.6. The quantitative estimate of drug-likeness (QED) is 0.704. The van der Waals surface area contributed by atoms with Gasteiger partial charge in [0.2, 0.25) is 5.91 Å². The molecule has 2 heterocycles. The van der Waals surface area contributed by atoms with E-state index >= 15 is 0 Å². The monoisotopic (exact) mass is 395 g/mol. The molecule has 148 valence electrons. The van der Waals surface area contributed by atoms with Gasteiger partial charge in [0.15, 0.2) is 9.84 Å². The van der Waals surface area contributed by atoms with Gasteiger partial charge in [-0.05, 0) is 17.7 Å². The van der Waals surface area contributed by atoms with Crippen LogP contribution in [0.15, 0.2) is 23.1 Å². The summed E-state index contributed by atoms with van der Waals surface area (Å²) in [5, 5.41) is 5.97. The Morgan fingerprint density at radius 2 is 2.00 bits per heavy atom. The van der Waals surface area contributed by atoms with Crippen molar-refractivity contribution in [3.05, 3.63) is 29.3 Å². The minimum Gasteiger partial charge on any atom is -0.384 e. The third kappa shape index (κ3) is 4.15. The number of carbonyl (C=O) groups is 2. The summed E-state index contributed by atoms with van der Waals surface area (Å²) in [7, 11) is -2.08. The predicted molar refractivity (Wildman–Crippen MR) is 99.4 cm³/mol. The first kappa shape index (κ1) is 19.8. The number of methoxy groups -OCH3 is 1. The molecule has 0 spiro atoms. The van der Waals surface area contributed by atoms with Gasteiger partial charge in [-0.2, -0.15) is 0 Å². The van der Waals surface area contributed by atoms with Gasteiger partial charge in [-0.3, -0.25) is 9.59 Å². The number of nitrogens with zero attached hydrogens (tertiary/aromatic N) is 1. The molecule has 2 fully saturated rings. The molecule has 0 saturated carbocycles. The van der Waals surface area contributed by atoms with Crippen molar-refractivity contribution in [2.45, 2.75) is 10.8 Å². The lowest BCUT2D eigenvalue weighted by molar-refractivity contribution is -0.120. The second-order valence-corrected chi connectivity index (χ2v) is 8.99. The van der Waals surface area contributed by atoms with E-state index in [0.29, 0.717) is 44.9 Å². The van der Waals surface area contributed by atoms with Crippen LogP contribution < -0.4 is 10.6 Å². The maximum absolute atomic E-state index is 12.9. The first-order chi connectivity index (χ1) is 12.8. The Bertz CT molecular complexity index is 833. The minimum absolute atomic E-state index is 0.0283. The second-order valence-electron chi connectivity index (χ2n) is 7.01. The molecule has 1 aromatic carbocycles. The standard InChI is InChI=1S/C18H25N3O5S/c1-26-11-13-10-20-17(22)16(13)12-3-4-14(15(9-12)27(2,24)25)18(23)21-7-5-19-6-8-21/h3-4,9,13,16,19H,5-8,10-11H2,1-2H3,(H,20,22)/t13?,16-/m0/s1. The Kier molecular flexibility index (Phi) is 5.83. The molecule has 2 aliphatic heterocycles. The van der Waals surface area contributed by atoms with Gasteiger partial charge in [-0.15, -0.1) is 0 Å². The highest BCUT2D eigenvalue weighted by Gasteiger charge is 2.37. The number of carbonyl (C=O) groups excluding carboxylic acids is 2. The highest BCUT2D eigenvalue weighted by molar-refractivity contribution is 7.90. The Balaban J connectivity index is 2.00. The van der Waals surface area contributed by atoms with E-state index in [0.717, 1.165) is 6.26 Å². The van der Waals surface area contributed by atoms with Crippen molar-refractivity contribution in [2.75, 3.05) is 52.7 Å². The van der Waals surface area contributed by atoms with Crippen LogP contribution >= 0.6 is 0 Å². The van der Waals surface area contributed by atoms with Crippen LogP contribution in [-0.2, 0) is 19.4 Å². The highest BCUT2D eigenvalue weighted by atomic mass is 32.2. The molecule has 2 amide bonds. The van der Waals surface area contributed by atoms with Crippen molar-refractivity contribution in [3.63, 3.8) is 0 Å². The average molecular weight is 395 g/mol. The molecular weight excluding hydrogens is 370 g/mol. The second kappa shape index (κ2) is 7.95. The van der Waals surface area contributed by atoms with Gasteiger partial charge in [-0.25, -0.2) is 8.42 Å². The van der Waals surface area contributed by atoms with Crippen LogP contribution in [0.2, 0.25) is 0 Å². The Labute approximate surface area is 159 Å². The highest BCUT2D eigenvalue weighted by Crippen LogP contribution is 2.32. The fourth-order valence-corrected chi connectivity index (χ4v) is 4.63. The number of nitrogens with one attached hydrogen (secondary N) is 2. The maximum Gasteiger partial charge on any atom is 0.255 e. The molecule has 2 aliphatic rings. The molecule has 0 radical (unpaired) electrons. The van der Waals surface area contributed by atoms with Crippen LogP contribution in [0.5, 0.6) is 0 Å². The fraction of sp³-hybridized carbons (Fsp3) is 0.556. The molecule has 0 aliphatic carbocycles. The van der Waals surface area contributed by atoms with E-state index in [1.165, 1.54) is 12.1 Å². The van der Waals surface area contributed by atoms with Crippen LogP contribution in [0.1, 0.15) is 21.8 Å². The zero-order valence-electron chi connectivity index (χ0n) is 15.5. The van der Waals surface area contributed by atoms with E-state index in [4.69, 9.17) is 4.74 Å². The van der Waals surface area contributed by atoms with Crippen LogP contribution in [0.4, 0.5) is 0 Å². The van der Waals surface area contributed by atoms with Crippen LogP contribution in [0, 0.1) is 5.92 Å². The predicted octanol–water partition coefficient (Wildman–Crippen LogP) is -0.388. The summed E-state index contributed by atoms with van der Waals surface area (Å²) in [6.45, 7) is 3.29. The van der Waals surface area contributed by atoms with E-state index in [1.54, 1.807) is 18.1 Å². The molecule has 3 rings (SSSR count). The molecule has 0 bridgehead atoms. The third-order valence-electron chi connectivity index (χ3n) is 5.07. The van der Waals surface area contributed by atoms with Crippen molar-refractivity contribution in [3.8, 4) is 0 Å². The molecule has 1 aromatic rings. The number of benzene rings is 1. The van der Waals surface area contributed by atoms with Gasteiger partial charge < -0.3 is 20.3 Å². The number of hydrogen-bond donors (Lipinski definition) is 2. The number of amides is 2. The molecule has 2 N–H and O–H groups in total. The molecule has 9 heteroatoms. The lowest BCUT2D eigenvalue weighted by Crippen LogP contribution is -2.46. The molecule has 0 aromatic heterocycles. The number of sulfone groups is 1. The topological polar surface area (TPSA) is 105 Å². The normalized spacial score (nSPS) is 23.3. The zero-order valence-corrected chi connectivity index (χ0v) is 16.3. The van der Waals surface area contributed by atoms with E-state index in [-0.39, 0.29) is 28.2 Å². The van der Waals surface area contributed by atoms with E-state index < -0.39 is 15.8 Å². The Morgan fingerprint density at radius 1 is 1.30 bits per heavy atom. The molecule has 8 nitrogen and oxygen atoms in total. The van der Waals surface area contributed by atoms with E-state index in [1.807, 2.05) is 0 Å². The van der Waals surface area contributed by atoms with Gasteiger partial charge >= 0.3 is 0 Å². The van der Waals surface area contributed by atoms with Gasteiger partial charge in [0.05, 0.1) is 23.0 Å². The largest absolute Gasteiger partial charge is 0.384 e. The van der Waals surface area contributed by atoms with Gasteiger partial charge in [0, 0.05) is 52.0 Å². The summed E-state index contributed by atoms with van der Waals surface area (Å²) in [4.78, 5) is 26.8. The van der Waals surface area contributed by atoms with E-state index in [2.05, 4.69) is 10.6 Å². The summed E-state index contributed by atoms with van der Waals surface area (Å²) in [6, 6.07) is 4.69. The summed E-state index contributed by atoms with van der Waals surface area (Å²) in [5.41, 5.74) is 0.745. The number of hydrogen-bond acceptors (Lipinski definition) is 6. The first-order valence-corrected chi connectivity index (χ1v) is 10.8. The number of ether oxygens (including phenoxy) is 1. The van der Waals surface area contributed by atoms with Crippen LogP contribution in [0.3, 0.4) is 0 Å². The maximum atomic E-state index is 12.9. The fourth-order valence-electron chi connectivity index (χ4n) is 3.72. The van der Waals surface area contributed by atoms with Gasteiger partial charge in [-0.1, -0.05) is 6.07 Å². The Morgan fingerprint density at radius 3 is 2.63 bits per heavy atom. The lowest BCUT2D eigenvalue weighted by atomic mass is 9.88. The van der Waals surface area contributed by atoms with Gasteiger partial charge in [0.25, 0.3) is 5.91 Å². The average Bonchev–Trinajstić information content (AvgIpc) is 3.01. The van der Waals surface area contributed by atoms with E-state index in [9.17, 15) is 18.0 Å². The molecule has 27 heavy (non-hydrogen) atoms. The molecular formula is C18H25N3O5S. The van der Waals surface area contributed by atoms with Crippen molar-refractivity contribution >= 4 is 21.7 Å². The summed E-state index contributed by atoms with van der Waals surface area (Å²) in [6.07, 6.45) is 1.09. The summed E-state index contributed by atoms with van der Waals surface area (Å²) in [5.74, 6) is -1.02. The molecule has 2 saturated heterocycles. The van der Waals surface area contributed by atoms with Crippen LogP contribution in [0.25, 0.3) is 0 Å². The minimum atomic E-state index is -3.64. The molecule has 2 atom stereocenters. The lowest BCUT2D eigenvalue weighted by Gasteiger charge is -2.28. The van der Waals surface area contributed by atoms with Crippen molar-refractivity contribution < 1.29 is 22.7 Å². The Hall–Kier alpha value is -1.97. The van der Waals surface area contributed by atoms with Crippen LogP contribution in [-0.4, -0.2) is 77.8 Å². The summed E-state index contributed by atoms with van der Waals surface area (Å²) < 4.78 is 30.0. The van der Waals surface area contributed by atoms with Crippen molar-refractivity contribution in [1.29, 1.82) is 0 Å². The number of piperazine rings is 1. The number of rotatable bonds is 5. The summed E-state index contributed by atoms with van der Waals surface area (Å²) >= 11 is 0. The van der Waals surface area contributed by atoms with Crippen molar-refractivity contribution in [1.82, 2.24) is 15.5 Å². The SMILES string of the molecule is COCC1CNC(=O)[C@H]1c1ccc(C(=O)N2CCNCC2)c(S(C)(=O)=O)c1. The van der Waals surface area contributed by atoms with Gasteiger partial charge in [0.1, 0.15) is 0 Å². The third-order valence-corrected chi connectivity index (χ3v) is 6.21. The van der Waals surface area contributed by atoms with Crippen molar-refractivity contribution in [2.24, 2.45) is 5.92 Å². The smallest absolute Gasteiger partial charge is 0.255 e. The molecule has 1 unspecified atom stereocenters.